The van der Waals surface area contributed by atoms with Crippen LogP contribution in [-0.2, 0) is 66.7 Å². The van der Waals surface area contributed by atoms with Gasteiger partial charge in [0.1, 0.15) is 31.8 Å². The Bertz CT molecular complexity index is 1150. The second-order valence-corrected chi connectivity index (χ2v) is 17.6. The zero-order chi connectivity index (χ0) is 48.2. The molecule has 65 heavy (non-hydrogen) atoms. The Balaban J connectivity index is 5.51. The van der Waals surface area contributed by atoms with E-state index < -0.39 is 29.3 Å². The molecule has 0 aromatic heterocycles. The highest BCUT2D eigenvalue weighted by atomic mass is 16.6. The first-order valence-electron chi connectivity index (χ1n) is 25.1. The summed E-state index contributed by atoms with van der Waals surface area (Å²) in [6.45, 7) is 6.10. The van der Waals surface area contributed by atoms with Crippen LogP contribution in [0.1, 0.15) is 207 Å². The van der Waals surface area contributed by atoms with E-state index in [1.165, 1.54) is 0 Å². The van der Waals surface area contributed by atoms with Gasteiger partial charge in [-0.15, -0.1) is 0 Å². The molecule has 0 aromatic rings. The minimum absolute atomic E-state index is 0.0153. The van der Waals surface area contributed by atoms with Crippen LogP contribution < -0.4 is 0 Å². The number of esters is 7. The maximum absolute atomic E-state index is 13.0. The zero-order valence-corrected chi connectivity index (χ0v) is 41.3. The molecule has 0 amide bonds. The van der Waals surface area contributed by atoms with Gasteiger partial charge in [0.15, 0.2) is 0 Å². The van der Waals surface area contributed by atoms with Crippen molar-refractivity contribution in [1.29, 1.82) is 0 Å². The average Bonchev–Trinajstić information content (AvgIpc) is 3.27. The summed E-state index contributed by atoms with van der Waals surface area (Å²) in [6, 6.07) is 0. The maximum atomic E-state index is 13.0. The Kier molecular flexibility index (Phi) is 40.4. The van der Waals surface area contributed by atoms with Crippen LogP contribution in [0.15, 0.2) is 0 Å². The Hall–Kier alpha value is -3.75. The van der Waals surface area contributed by atoms with Crippen LogP contribution in [0.3, 0.4) is 0 Å². The van der Waals surface area contributed by atoms with Gasteiger partial charge < -0.3 is 38.1 Å². The summed E-state index contributed by atoms with van der Waals surface area (Å²) >= 11 is 0. The molecule has 0 radical (unpaired) electrons. The summed E-state index contributed by atoms with van der Waals surface area (Å²) in [5.41, 5.74) is -1.43. The van der Waals surface area contributed by atoms with E-state index in [4.69, 9.17) is 33.2 Å². The molecule has 15 heteroatoms. The summed E-state index contributed by atoms with van der Waals surface area (Å²) in [5, 5.41) is 0. The van der Waals surface area contributed by atoms with Crippen molar-refractivity contribution >= 4 is 41.8 Å². The highest BCUT2D eigenvalue weighted by molar-refractivity contribution is 5.72. The van der Waals surface area contributed by atoms with Gasteiger partial charge in [0.25, 0.3) is 0 Å². The van der Waals surface area contributed by atoms with E-state index in [9.17, 15) is 33.6 Å². The van der Waals surface area contributed by atoms with Crippen molar-refractivity contribution in [2.45, 2.75) is 207 Å². The van der Waals surface area contributed by atoms with Gasteiger partial charge in [0.05, 0.1) is 19.8 Å². The molecule has 0 unspecified atom stereocenters. The summed E-state index contributed by atoms with van der Waals surface area (Å²) in [4.78, 5) is 90.1. The SMILES string of the molecule is CCCCCCCC(=O)OCCCCC(=O)OCC(COC(=O)CCCCOC(=O)CCCCCCC)(COC(=O)CCCCOC(=O)CCCCCCC)COC(=O)CCCN(C)C. The van der Waals surface area contributed by atoms with Crippen LogP contribution in [0.2, 0.25) is 0 Å². The van der Waals surface area contributed by atoms with Crippen molar-refractivity contribution in [2.24, 2.45) is 5.41 Å². The van der Waals surface area contributed by atoms with E-state index in [1.54, 1.807) is 0 Å². The van der Waals surface area contributed by atoms with E-state index in [1.807, 2.05) is 19.0 Å². The first-order chi connectivity index (χ1) is 31.4. The molecule has 0 aliphatic rings. The molecule has 0 saturated carbocycles. The number of carbonyl (C=O) groups excluding carboxylic acids is 7. The molecule has 0 fully saturated rings. The number of carbonyl (C=O) groups is 7. The predicted octanol–water partition coefficient (Wildman–Crippen LogP) is 9.71. The number of rotatable bonds is 45. The van der Waals surface area contributed by atoms with Crippen molar-refractivity contribution < 1.29 is 66.7 Å². The molecule has 0 saturated heterocycles. The number of unbranched alkanes of at least 4 members (excludes halogenated alkanes) is 15. The largest absolute Gasteiger partial charge is 0.466 e. The molecule has 0 aliphatic heterocycles. The van der Waals surface area contributed by atoms with Crippen molar-refractivity contribution in [1.82, 2.24) is 4.90 Å². The summed E-state index contributed by atoms with van der Waals surface area (Å²) < 4.78 is 38.6. The minimum atomic E-state index is -1.43. The Morgan fingerprint density at radius 2 is 0.538 bits per heavy atom. The third kappa shape index (κ3) is 40.3. The predicted molar refractivity (Wildman–Crippen MR) is 249 cm³/mol. The minimum Gasteiger partial charge on any atom is -0.466 e. The number of hydrogen-bond donors (Lipinski definition) is 0. The Morgan fingerprint density at radius 3 is 0.800 bits per heavy atom. The van der Waals surface area contributed by atoms with Gasteiger partial charge in [-0.2, -0.15) is 0 Å². The fourth-order valence-electron chi connectivity index (χ4n) is 6.52. The van der Waals surface area contributed by atoms with Gasteiger partial charge in [-0.1, -0.05) is 97.8 Å². The monoisotopic (exact) mass is 928 g/mol. The molecule has 15 nitrogen and oxygen atoms in total. The highest BCUT2D eigenvalue weighted by Crippen LogP contribution is 2.23. The third-order valence-electron chi connectivity index (χ3n) is 10.7. The lowest BCUT2D eigenvalue weighted by Crippen LogP contribution is -2.44. The lowest BCUT2D eigenvalue weighted by Gasteiger charge is -2.31. The van der Waals surface area contributed by atoms with Crippen LogP contribution in [0.4, 0.5) is 0 Å². The fourth-order valence-corrected chi connectivity index (χ4v) is 6.52. The van der Waals surface area contributed by atoms with E-state index in [0.29, 0.717) is 70.8 Å². The van der Waals surface area contributed by atoms with Gasteiger partial charge in [0.2, 0.25) is 0 Å². The van der Waals surface area contributed by atoms with Crippen molar-refractivity contribution in [3.8, 4) is 0 Å². The van der Waals surface area contributed by atoms with Crippen molar-refractivity contribution in [2.75, 3.05) is 66.9 Å². The van der Waals surface area contributed by atoms with Crippen LogP contribution in [-0.4, -0.2) is 114 Å². The highest BCUT2D eigenvalue weighted by Gasteiger charge is 2.38. The lowest BCUT2D eigenvalue weighted by molar-refractivity contribution is -0.171. The maximum Gasteiger partial charge on any atom is 0.305 e. The molecular weight excluding hydrogens is 839 g/mol. The smallest absolute Gasteiger partial charge is 0.305 e. The first-order valence-corrected chi connectivity index (χ1v) is 25.1. The van der Waals surface area contributed by atoms with E-state index in [0.717, 1.165) is 96.3 Å². The van der Waals surface area contributed by atoms with Gasteiger partial charge in [-0.3, -0.25) is 33.6 Å². The molecule has 0 atom stereocenters. The van der Waals surface area contributed by atoms with Gasteiger partial charge >= 0.3 is 41.8 Å². The van der Waals surface area contributed by atoms with E-state index in [-0.39, 0.29) is 89.8 Å². The molecule has 0 spiro atoms. The number of ether oxygens (including phenoxy) is 7. The molecule has 0 aromatic carbocycles. The topological polar surface area (TPSA) is 187 Å². The standard InChI is InChI=1S/C50H89NO14/c1-6-9-12-15-18-28-43(52)59-36-24-21-31-46(55)62-39-50(42-65-49(58)34-27-35-51(4)5,40-63-47(56)32-22-25-37-60-44(53)29-19-16-13-10-7-2)41-64-48(57)33-23-26-38-61-45(54)30-20-17-14-11-8-3/h6-42H2,1-5H3. The molecule has 378 valence electrons. The molecule has 0 bridgehead atoms. The van der Waals surface area contributed by atoms with Crippen LogP contribution in [0, 0.1) is 5.41 Å². The summed E-state index contributed by atoms with van der Waals surface area (Å²) in [6.07, 6.45) is 19.8. The molecular formula is C50H89NO14. The van der Waals surface area contributed by atoms with Gasteiger partial charge in [-0.25, -0.2) is 0 Å². The number of nitrogens with zero attached hydrogens (tertiary/aromatic N) is 1. The first kappa shape index (κ1) is 61.2. The van der Waals surface area contributed by atoms with Gasteiger partial charge in [0, 0.05) is 44.9 Å². The van der Waals surface area contributed by atoms with Crippen LogP contribution in [0.25, 0.3) is 0 Å². The second kappa shape index (κ2) is 42.9. The van der Waals surface area contributed by atoms with Crippen molar-refractivity contribution in [3.63, 3.8) is 0 Å². The second-order valence-electron chi connectivity index (χ2n) is 17.6. The summed E-state index contributed by atoms with van der Waals surface area (Å²) in [5.74, 6) is -3.00. The van der Waals surface area contributed by atoms with E-state index >= 15 is 0 Å². The molecule has 0 N–H and O–H groups in total. The van der Waals surface area contributed by atoms with Crippen molar-refractivity contribution in [3.05, 3.63) is 0 Å². The molecule has 0 rings (SSSR count). The quantitative estimate of drug-likeness (QED) is 0.0319. The average molecular weight is 928 g/mol. The van der Waals surface area contributed by atoms with Gasteiger partial charge in [-0.05, 0) is 84.8 Å². The Labute approximate surface area is 391 Å². The third-order valence-corrected chi connectivity index (χ3v) is 10.7. The van der Waals surface area contributed by atoms with Crippen LogP contribution >= 0.6 is 0 Å². The normalized spacial score (nSPS) is 11.2. The Morgan fingerprint density at radius 1 is 0.308 bits per heavy atom. The summed E-state index contributed by atoms with van der Waals surface area (Å²) in [7, 11) is 3.78. The van der Waals surface area contributed by atoms with E-state index in [2.05, 4.69) is 20.8 Å². The lowest BCUT2D eigenvalue weighted by atomic mass is 9.92. The zero-order valence-electron chi connectivity index (χ0n) is 41.3. The molecule has 0 aliphatic carbocycles. The van der Waals surface area contributed by atoms with Crippen LogP contribution in [0.5, 0.6) is 0 Å². The molecule has 0 heterocycles. The fraction of sp³-hybridized carbons (Fsp3) is 0.860. The number of hydrogen-bond acceptors (Lipinski definition) is 15.